The van der Waals surface area contributed by atoms with Gasteiger partial charge in [0.25, 0.3) is 0 Å². The van der Waals surface area contributed by atoms with Gasteiger partial charge in [0, 0.05) is 19.3 Å². The van der Waals surface area contributed by atoms with E-state index in [0.717, 1.165) is 44.9 Å². The first-order valence-electron chi connectivity index (χ1n) is 6.54. The molecule has 0 unspecified atom stereocenters. The van der Waals surface area contributed by atoms with Crippen LogP contribution in [0.4, 0.5) is 0 Å². The number of ether oxygens (including phenoxy) is 1. The van der Waals surface area contributed by atoms with Gasteiger partial charge in [-0.05, 0) is 27.1 Å². The van der Waals surface area contributed by atoms with E-state index in [4.69, 9.17) is 4.74 Å². The molecule has 1 aromatic rings. The van der Waals surface area contributed by atoms with Crippen LogP contribution in [0.1, 0.15) is 19.0 Å². The van der Waals surface area contributed by atoms with Crippen molar-refractivity contribution in [1.82, 2.24) is 25.2 Å². The molecular weight excluding hydrogens is 230 g/mol. The number of likely N-dealkylation sites (N-methyl/N-ethyl adjacent to an activating group) is 1. The maximum atomic E-state index is 5.51. The fourth-order valence-electron chi connectivity index (χ4n) is 1.43. The lowest BCUT2D eigenvalue weighted by molar-refractivity contribution is 0.108. The van der Waals surface area contributed by atoms with Crippen LogP contribution >= 0.6 is 0 Å². The summed E-state index contributed by atoms with van der Waals surface area (Å²) in [4.78, 5) is 2.10. The van der Waals surface area contributed by atoms with Crippen LogP contribution in [-0.4, -0.2) is 60.3 Å². The van der Waals surface area contributed by atoms with Gasteiger partial charge in [-0.15, -0.1) is 5.10 Å². The molecule has 0 atom stereocenters. The average Bonchev–Trinajstić information content (AvgIpc) is 2.77. The Morgan fingerprint density at radius 1 is 1.39 bits per heavy atom. The molecule has 18 heavy (non-hydrogen) atoms. The molecule has 1 rings (SSSR count). The molecule has 0 bridgehead atoms. The molecule has 0 amide bonds. The van der Waals surface area contributed by atoms with Crippen molar-refractivity contribution in [1.29, 1.82) is 0 Å². The molecule has 0 aliphatic carbocycles. The van der Waals surface area contributed by atoms with Gasteiger partial charge in [-0.1, -0.05) is 12.1 Å². The van der Waals surface area contributed by atoms with Gasteiger partial charge in [0.05, 0.1) is 25.5 Å². The van der Waals surface area contributed by atoms with E-state index in [0.29, 0.717) is 6.61 Å². The van der Waals surface area contributed by atoms with Crippen molar-refractivity contribution in [2.45, 2.75) is 26.4 Å². The van der Waals surface area contributed by atoms with E-state index in [2.05, 4.69) is 27.5 Å². The molecule has 104 valence electrons. The third-order valence-electron chi connectivity index (χ3n) is 2.47. The standard InChI is InChI=1S/C12H25N5O/c1-4-5-13-10-12-11-17(15-14-12)7-9-18-8-6-16(2)3/h11,13H,4-10H2,1-3H3. The summed E-state index contributed by atoms with van der Waals surface area (Å²) >= 11 is 0. The second kappa shape index (κ2) is 9.02. The molecule has 0 aliphatic heterocycles. The summed E-state index contributed by atoms with van der Waals surface area (Å²) in [5, 5.41) is 11.5. The third kappa shape index (κ3) is 6.68. The zero-order chi connectivity index (χ0) is 13.2. The molecule has 0 radical (unpaired) electrons. The van der Waals surface area contributed by atoms with Gasteiger partial charge in [-0.2, -0.15) is 0 Å². The number of aromatic nitrogens is 3. The minimum atomic E-state index is 0.680. The molecule has 0 aromatic carbocycles. The topological polar surface area (TPSA) is 55.2 Å². The van der Waals surface area contributed by atoms with Gasteiger partial charge in [0.1, 0.15) is 0 Å². The van der Waals surface area contributed by atoms with Crippen LogP contribution in [-0.2, 0) is 17.8 Å². The van der Waals surface area contributed by atoms with Crippen LogP contribution in [0, 0.1) is 0 Å². The highest BCUT2D eigenvalue weighted by atomic mass is 16.5. The number of nitrogens with one attached hydrogen (secondary N) is 1. The summed E-state index contributed by atoms with van der Waals surface area (Å²) in [5.41, 5.74) is 0.983. The van der Waals surface area contributed by atoms with E-state index < -0.39 is 0 Å². The van der Waals surface area contributed by atoms with Gasteiger partial charge >= 0.3 is 0 Å². The molecule has 0 spiro atoms. The van der Waals surface area contributed by atoms with Crippen LogP contribution in [0.25, 0.3) is 0 Å². The highest BCUT2D eigenvalue weighted by Crippen LogP contribution is 1.93. The van der Waals surface area contributed by atoms with E-state index in [-0.39, 0.29) is 0 Å². The van der Waals surface area contributed by atoms with E-state index in [1.165, 1.54) is 0 Å². The SMILES string of the molecule is CCCNCc1cn(CCOCCN(C)C)nn1. The average molecular weight is 255 g/mol. The molecule has 1 heterocycles. The highest BCUT2D eigenvalue weighted by molar-refractivity contribution is 4.91. The van der Waals surface area contributed by atoms with Crippen molar-refractivity contribution >= 4 is 0 Å². The van der Waals surface area contributed by atoms with Crippen molar-refractivity contribution in [3.05, 3.63) is 11.9 Å². The normalized spacial score (nSPS) is 11.3. The summed E-state index contributed by atoms with van der Waals surface area (Å²) in [6.07, 6.45) is 3.10. The zero-order valence-corrected chi connectivity index (χ0v) is 11.7. The molecule has 1 aromatic heterocycles. The van der Waals surface area contributed by atoms with Gasteiger partial charge in [0.15, 0.2) is 0 Å². The third-order valence-corrected chi connectivity index (χ3v) is 2.47. The summed E-state index contributed by atoms with van der Waals surface area (Å²) in [6.45, 7) is 7.09. The number of rotatable bonds is 10. The predicted octanol–water partition coefficient (Wildman–Crippen LogP) is 0.356. The maximum Gasteiger partial charge on any atom is 0.0964 e. The Labute approximate surface area is 109 Å². The smallest absolute Gasteiger partial charge is 0.0964 e. The van der Waals surface area contributed by atoms with Crippen molar-refractivity contribution in [2.75, 3.05) is 40.4 Å². The molecule has 0 saturated heterocycles. The van der Waals surface area contributed by atoms with E-state index in [9.17, 15) is 0 Å². The summed E-state index contributed by atoms with van der Waals surface area (Å²) in [5.74, 6) is 0. The van der Waals surface area contributed by atoms with Gasteiger partial charge in [-0.3, -0.25) is 0 Å². The van der Waals surface area contributed by atoms with E-state index in [1.807, 2.05) is 25.0 Å². The second-order valence-electron chi connectivity index (χ2n) is 4.57. The van der Waals surface area contributed by atoms with Crippen LogP contribution in [0.15, 0.2) is 6.20 Å². The largest absolute Gasteiger partial charge is 0.378 e. The first-order valence-corrected chi connectivity index (χ1v) is 6.54. The van der Waals surface area contributed by atoms with Gasteiger partial charge in [0.2, 0.25) is 0 Å². The Kier molecular flexibility index (Phi) is 7.55. The number of nitrogens with zero attached hydrogens (tertiary/aromatic N) is 4. The lowest BCUT2D eigenvalue weighted by Crippen LogP contribution is -2.19. The van der Waals surface area contributed by atoms with Crippen LogP contribution in [0.2, 0.25) is 0 Å². The summed E-state index contributed by atoms with van der Waals surface area (Å²) in [7, 11) is 4.08. The molecular formula is C12H25N5O. The van der Waals surface area contributed by atoms with Crippen LogP contribution in [0.5, 0.6) is 0 Å². The van der Waals surface area contributed by atoms with Crippen molar-refractivity contribution in [3.63, 3.8) is 0 Å². The first kappa shape index (κ1) is 15.1. The second-order valence-corrected chi connectivity index (χ2v) is 4.57. The van der Waals surface area contributed by atoms with Crippen LogP contribution in [0.3, 0.4) is 0 Å². The minimum absolute atomic E-state index is 0.680. The Morgan fingerprint density at radius 2 is 2.22 bits per heavy atom. The summed E-state index contributed by atoms with van der Waals surface area (Å²) < 4.78 is 7.34. The van der Waals surface area contributed by atoms with Crippen LogP contribution < -0.4 is 5.32 Å². The zero-order valence-electron chi connectivity index (χ0n) is 11.7. The molecule has 0 fully saturated rings. The van der Waals surface area contributed by atoms with Crippen molar-refractivity contribution < 1.29 is 4.74 Å². The number of hydrogen-bond acceptors (Lipinski definition) is 5. The lowest BCUT2D eigenvalue weighted by Gasteiger charge is -2.09. The van der Waals surface area contributed by atoms with E-state index >= 15 is 0 Å². The minimum Gasteiger partial charge on any atom is -0.378 e. The van der Waals surface area contributed by atoms with Crippen molar-refractivity contribution in [3.8, 4) is 0 Å². The van der Waals surface area contributed by atoms with E-state index in [1.54, 1.807) is 0 Å². The predicted molar refractivity (Wildman–Crippen MR) is 71.4 cm³/mol. The Bertz CT molecular complexity index is 313. The molecule has 0 aliphatic rings. The van der Waals surface area contributed by atoms with Crippen molar-refractivity contribution in [2.24, 2.45) is 0 Å². The Hall–Kier alpha value is -0.980. The lowest BCUT2D eigenvalue weighted by atomic mass is 10.4. The molecule has 6 nitrogen and oxygen atoms in total. The van der Waals surface area contributed by atoms with Gasteiger partial charge < -0.3 is 15.0 Å². The fourth-order valence-corrected chi connectivity index (χ4v) is 1.43. The Balaban J connectivity index is 2.11. The monoisotopic (exact) mass is 255 g/mol. The van der Waals surface area contributed by atoms with Gasteiger partial charge in [-0.25, -0.2) is 4.68 Å². The fraction of sp³-hybridized carbons (Fsp3) is 0.833. The first-order chi connectivity index (χ1) is 8.72. The maximum absolute atomic E-state index is 5.51. The highest BCUT2D eigenvalue weighted by Gasteiger charge is 2.00. The molecule has 0 saturated carbocycles. The number of hydrogen-bond donors (Lipinski definition) is 1. The molecule has 6 heteroatoms. The molecule has 1 N–H and O–H groups in total. The summed E-state index contributed by atoms with van der Waals surface area (Å²) in [6, 6.07) is 0. The quantitative estimate of drug-likeness (QED) is 0.612. The Morgan fingerprint density at radius 3 is 2.94 bits per heavy atom.